The molecule has 2 rings (SSSR count). The van der Waals surface area contributed by atoms with E-state index in [1.165, 1.54) is 0 Å². The Labute approximate surface area is 121 Å². The molecule has 0 radical (unpaired) electrons. The molecule has 0 fully saturated rings. The van der Waals surface area contributed by atoms with E-state index in [-0.39, 0.29) is 11.1 Å². The molecule has 0 saturated heterocycles. The lowest BCUT2D eigenvalue weighted by atomic mass is 10.0. The molecule has 0 spiro atoms. The van der Waals surface area contributed by atoms with Gasteiger partial charge in [0.1, 0.15) is 11.6 Å². The fraction of sp³-hybridized carbons (Fsp3) is 0.0769. The number of rotatable bonds is 1. The lowest BCUT2D eigenvalue weighted by molar-refractivity contribution is 1.13. The standard InChI is InChI=1S/C13H8Br2N2O/c1-7-5-8(9(6-16)13(18)17-7)12-10(14)3-2-4-11(12)15/h2-5H,1H3,(H,17,18). The van der Waals surface area contributed by atoms with Crippen LogP contribution in [0.4, 0.5) is 0 Å². The highest BCUT2D eigenvalue weighted by atomic mass is 79.9. The first-order valence-electron chi connectivity index (χ1n) is 5.13. The van der Waals surface area contributed by atoms with Crippen LogP contribution in [0.2, 0.25) is 0 Å². The molecule has 0 amide bonds. The molecule has 3 nitrogen and oxygen atoms in total. The summed E-state index contributed by atoms with van der Waals surface area (Å²) in [5.74, 6) is 0. The summed E-state index contributed by atoms with van der Waals surface area (Å²) >= 11 is 6.89. The number of nitrogens with zero attached hydrogens (tertiary/aromatic N) is 1. The first-order valence-corrected chi connectivity index (χ1v) is 6.71. The molecule has 1 aromatic carbocycles. The van der Waals surface area contributed by atoms with Gasteiger partial charge in [-0.3, -0.25) is 4.79 Å². The quantitative estimate of drug-likeness (QED) is 0.834. The maximum Gasteiger partial charge on any atom is 0.266 e. The van der Waals surface area contributed by atoms with Crippen molar-refractivity contribution in [1.82, 2.24) is 4.98 Å². The first-order chi connectivity index (χ1) is 8.54. The molecule has 1 heterocycles. The number of hydrogen-bond acceptors (Lipinski definition) is 2. The van der Waals surface area contributed by atoms with E-state index in [1.807, 2.05) is 24.3 Å². The minimum atomic E-state index is -0.366. The molecule has 1 aromatic heterocycles. The van der Waals surface area contributed by atoms with Crippen molar-refractivity contribution in [3.63, 3.8) is 0 Å². The number of hydrogen-bond donors (Lipinski definition) is 1. The number of nitrogens with one attached hydrogen (secondary N) is 1. The number of pyridine rings is 1. The van der Waals surface area contributed by atoms with Crippen molar-refractivity contribution >= 4 is 31.9 Å². The Morgan fingerprint density at radius 2 is 1.89 bits per heavy atom. The first kappa shape index (κ1) is 13.1. The second-order valence-electron chi connectivity index (χ2n) is 3.78. The van der Waals surface area contributed by atoms with Gasteiger partial charge in [0, 0.05) is 25.8 Å². The van der Waals surface area contributed by atoms with Crippen molar-refractivity contribution in [2.75, 3.05) is 0 Å². The number of aromatic amines is 1. The Kier molecular flexibility index (Phi) is 3.69. The van der Waals surface area contributed by atoms with E-state index >= 15 is 0 Å². The second kappa shape index (κ2) is 5.09. The SMILES string of the molecule is Cc1cc(-c2c(Br)cccc2Br)c(C#N)c(=O)[nH]1. The van der Waals surface area contributed by atoms with E-state index in [9.17, 15) is 4.79 Å². The van der Waals surface area contributed by atoms with Crippen LogP contribution in [0.25, 0.3) is 11.1 Å². The third kappa shape index (κ3) is 2.26. The van der Waals surface area contributed by atoms with E-state index < -0.39 is 0 Å². The van der Waals surface area contributed by atoms with Gasteiger partial charge < -0.3 is 4.98 Å². The van der Waals surface area contributed by atoms with E-state index in [4.69, 9.17) is 5.26 Å². The monoisotopic (exact) mass is 366 g/mol. The number of H-pyrrole nitrogens is 1. The second-order valence-corrected chi connectivity index (χ2v) is 5.49. The maximum atomic E-state index is 11.8. The van der Waals surface area contributed by atoms with Gasteiger partial charge in [0.2, 0.25) is 0 Å². The fourth-order valence-corrected chi connectivity index (χ4v) is 3.18. The van der Waals surface area contributed by atoms with Crippen LogP contribution in [0.5, 0.6) is 0 Å². The van der Waals surface area contributed by atoms with Crippen LogP contribution in [-0.4, -0.2) is 4.98 Å². The van der Waals surface area contributed by atoms with Crippen molar-refractivity contribution in [2.24, 2.45) is 0 Å². The van der Waals surface area contributed by atoms with Crippen molar-refractivity contribution in [3.05, 3.63) is 54.8 Å². The topological polar surface area (TPSA) is 56.6 Å². The summed E-state index contributed by atoms with van der Waals surface area (Å²) in [5.41, 5.74) is 1.90. The molecule has 18 heavy (non-hydrogen) atoms. The number of aryl methyl sites for hydroxylation is 1. The number of aromatic nitrogens is 1. The molecule has 0 aliphatic carbocycles. The summed E-state index contributed by atoms with van der Waals surface area (Å²) in [7, 11) is 0. The molecule has 1 N–H and O–H groups in total. The zero-order valence-corrected chi connectivity index (χ0v) is 12.6. The summed E-state index contributed by atoms with van der Waals surface area (Å²) in [6.07, 6.45) is 0. The van der Waals surface area contributed by atoms with E-state index in [1.54, 1.807) is 13.0 Å². The summed E-state index contributed by atoms with van der Waals surface area (Å²) in [6.45, 7) is 1.79. The zero-order valence-electron chi connectivity index (χ0n) is 9.42. The fourth-order valence-electron chi connectivity index (χ4n) is 1.75. The molecule has 0 unspecified atom stereocenters. The van der Waals surface area contributed by atoms with Crippen LogP contribution in [0.1, 0.15) is 11.3 Å². The van der Waals surface area contributed by atoms with Crippen LogP contribution < -0.4 is 5.56 Å². The molecule has 0 aliphatic heterocycles. The smallest absolute Gasteiger partial charge is 0.266 e. The highest BCUT2D eigenvalue weighted by Crippen LogP contribution is 2.35. The van der Waals surface area contributed by atoms with Crippen molar-refractivity contribution in [3.8, 4) is 17.2 Å². The summed E-state index contributed by atoms with van der Waals surface area (Å²) in [6, 6.07) is 9.38. The molecular weight excluding hydrogens is 360 g/mol. The summed E-state index contributed by atoms with van der Waals surface area (Å²) in [4.78, 5) is 14.4. The van der Waals surface area contributed by atoms with Gasteiger partial charge in [-0.15, -0.1) is 0 Å². The van der Waals surface area contributed by atoms with E-state index in [0.717, 1.165) is 20.2 Å². The predicted octanol–water partition coefficient (Wildman–Crippen LogP) is 3.75. The van der Waals surface area contributed by atoms with Crippen molar-refractivity contribution < 1.29 is 0 Å². The van der Waals surface area contributed by atoms with Gasteiger partial charge in [0.15, 0.2) is 0 Å². The molecule has 0 atom stereocenters. The highest BCUT2D eigenvalue weighted by Gasteiger charge is 2.15. The van der Waals surface area contributed by atoms with Gasteiger partial charge in [0.05, 0.1) is 0 Å². The molecule has 90 valence electrons. The largest absolute Gasteiger partial charge is 0.325 e. The van der Waals surface area contributed by atoms with Crippen LogP contribution in [0, 0.1) is 18.3 Å². The number of benzene rings is 1. The van der Waals surface area contributed by atoms with Gasteiger partial charge >= 0.3 is 0 Å². The van der Waals surface area contributed by atoms with Crippen LogP contribution in [0.15, 0.2) is 38.0 Å². The average Bonchev–Trinajstić information content (AvgIpc) is 2.28. The minimum Gasteiger partial charge on any atom is -0.325 e. The Morgan fingerprint density at radius 1 is 1.28 bits per heavy atom. The minimum absolute atomic E-state index is 0.119. The Bertz CT molecular complexity index is 694. The molecular formula is C13H8Br2N2O. The van der Waals surface area contributed by atoms with Crippen molar-refractivity contribution in [2.45, 2.75) is 6.92 Å². The van der Waals surface area contributed by atoms with Gasteiger partial charge in [-0.05, 0) is 25.1 Å². The maximum absolute atomic E-state index is 11.8. The van der Waals surface area contributed by atoms with Crippen LogP contribution in [-0.2, 0) is 0 Å². The van der Waals surface area contributed by atoms with Crippen LogP contribution >= 0.6 is 31.9 Å². The normalized spacial score (nSPS) is 10.1. The number of halogens is 2. The Balaban J connectivity index is 2.88. The molecule has 5 heteroatoms. The van der Waals surface area contributed by atoms with E-state index in [0.29, 0.717) is 5.56 Å². The van der Waals surface area contributed by atoms with Gasteiger partial charge in [-0.25, -0.2) is 0 Å². The third-order valence-electron chi connectivity index (χ3n) is 2.51. The van der Waals surface area contributed by atoms with Gasteiger partial charge in [-0.1, -0.05) is 37.9 Å². The molecule has 0 aliphatic rings. The predicted molar refractivity (Wildman–Crippen MR) is 77.4 cm³/mol. The Morgan fingerprint density at radius 3 is 2.44 bits per heavy atom. The number of nitriles is 1. The lowest BCUT2D eigenvalue weighted by Gasteiger charge is -2.09. The molecule has 2 aromatic rings. The molecule has 0 bridgehead atoms. The van der Waals surface area contributed by atoms with Crippen molar-refractivity contribution in [1.29, 1.82) is 5.26 Å². The van der Waals surface area contributed by atoms with Gasteiger partial charge in [0.25, 0.3) is 5.56 Å². The Hall–Kier alpha value is -1.38. The highest BCUT2D eigenvalue weighted by molar-refractivity contribution is 9.11. The van der Waals surface area contributed by atoms with Crippen LogP contribution in [0.3, 0.4) is 0 Å². The lowest BCUT2D eigenvalue weighted by Crippen LogP contribution is -2.13. The van der Waals surface area contributed by atoms with Gasteiger partial charge in [-0.2, -0.15) is 5.26 Å². The molecule has 0 saturated carbocycles. The van der Waals surface area contributed by atoms with E-state index in [2.05, 4.69) is 36.8 Å². The average molecular weight is 368 g/mol. The zero-order chi connectivity index (χ0) is 13.3. The summed E-state index contributed by atoms with van der Waals surface area (Å²) in [5, 5.41) is 9.13. The third-order valence-corrected chi connectivity index (χ3v) is 3.83. The summed E-state index contributed by atoms with van der Waals surface area (Å²) < 4.78 is 1.66.